The summed E-state index contributed by atoms with van der Waals surface area (Å²) in [5.74, 6) is 0.491. The molecule has 3 nitrogen and oxygen atoms in total. The zero-order valence-corrected chi connectivity index (χ0v) is 8.66. The minimum Gasteiger partial charge on any atom is -0.337 e. The number of carbonyl (C=O) groups is 1. The molecule has 0 aromatic rings. The second-order valence-corrected chi connectivity index (χ2v) is 4.63. The first kappa shape index (κ1) is 9.00. The van der Waals surface area contributed by atoms with Crippen LogP contribution in [0.3, 0.4) is 0 Å². The van der Waals surface area contributed by atoms with Crippen LogP contribution in [0.5, 0.6) is 0 Å². The van der Waals surface area contributed by atoms with Gasteiger partial charge in [-0.2, -0.15) is 0 Å². The maximum atomic E-state index is 11.7. The highest BCUT2D eigenvalue weighted by Gasteiger charge is 2.43. The molecule has 0 N–H and O–H groups in total. The highest BCUT2D eigenvalue weighted by atomic mass is 16.2. The summed E-state index contributed by atoms with van der Waals surface area (Å²) in [5, 5.41) is 0. The Morgan fingerprint density at radius 1 is 1.31 bits per heavy atom. The van der Waals surface area contributed by atoms with Crippen molar-refractivity contribution in [2.24, 2.45) is 5.92 Å². The van der Waals surface area contributed by atoms with E-state index < -0.39 is 0 Å². The average molecular weight is 182 g/mol. The van der Waals surface area contributed by atoms with E-state index >= 15 is 0 Å². The molecule has 2 heterocycles. The number of carbonyl (C=O) groups excluding carboxylic acids is 1. The summed E-state index contributed by atoms with van der Waals surface area (Å²) in [6, 6.07) is 1.14. The van der Waals surface area contributed by atoms with Crippen LogP contribution in [0.4, 0.5) is 0 Å². The third kappa shape index (κ3) is 1.35. The fourth-order valence-corrected chi connectivity index (χ4v) is 2.47. The van der Waals surface area contributed by atoms with Crippen LogP contribution < -0.4 is 0 Å². The highest BCUT2D eigenvalue weighted by molar-refractivity contribution is 5.79. The maximum absolute atomic E-state index is 11.7. The lowest BCUT2D eigenvalue weighted by Crippen LogP contribution is -2.48. The Morgan fingerprint density at radius 2 is 2.00 bits per heavy atom. The van der Waals surface area contributed by atoms with Gasteiger partial charge in [0.25, 0.3) is 0 Å². The van der Waals surface area contributed by atoms with Gasteiger partial charge in [0.05, 0.1) is 0 Å². The van der Waals surface area contributed by atoms with Gasteiger partial charge in [0, 0.05) is 31.1 Å². The molecule has 0 aromatic heterocycles. The van der Waals surface area contributed by atoms with Gasteiger partial charge in [0.1, 0.15) is 0 Å². The van der Waals surface area contributed by atoms with Gasteiger partial charge in [0.15, 0.2) is 0 Å². The van der Waals surface area contributed by atoms with Crippen molar-refractivity contribution in [3.05, 3.63) is 0 Å². The van der Waals surface area contributed by atoms with Gasteiger partial charge in [-0.15, -0.1) is 0 Å². The second-order valence-electron chi connectivity index (χ2n) is 4.63. The maximum Gasteiger partial charge on any atom is 0.225 e. The summed E-state index contributed by atoms with van der Waals surface area (Å²) in [4.78, 5) is 16.2. The van der Waals surface area contributed by atoms with Crippen LogP contribution in [0.2, 0.25) is 0 Å². The molecule has 2 aliphatic heterocycles. The standard InChI is InChI=1S/C10H18N2O/c1-7(2)10(13)12-6-8-4-9(12)5-11(8)3/h7-9H,4-6H2,1-3H3. The minimum atomic E-state index is 0.157. The van der Waals surface area contributed by atoms with Crippen molar-refractivity contribution in [2.45, 2.75) is 32.4 Å². The predicted molar refractivity (Wildman–Crippen MR) is 51.4 cm³/mol. The second kappa shape index (κ2) is 2.98. The van der Waals surface area contributed by atoms with Gasteiger partial charge < -0.3 is 4.90 Å². The third-order valence-corrected chi connectivity index (χ3v) is 3.29. The lowest BCUT2D eigenvalue weighted by Gasteiger charge is -2.33. The zero-order valence-electron chi connectivity index (χ0n) is 8.66. The SMILES string of the molecule is CC(C)C(=O)N1CC2CC1CN2C. The number of amides is 1. The minimum absolute atomic E-state index is 0.157. The number of hydrogen-bond donors (Lipinski definition) is 0. The monoisotopic (exact) mass is 182 g/mol. The molecule has 2 rings (SSSR count). The molecular formula is C10H18N2O. The molecule has 2 bridgehead atoms. The van der Waals surface area contributed by atoms with Crippen molar-refractivity contribution < 1.29 is 4.79 Å². The largest absolute Gasteiger partial charge is 0.337 e. The van der Waals surface area contributed by atoms with E-state index in [1.54, 1.807) is 0 Å². The normalized spacial score (nSPS) is 33.4. The van der Waals surface area contributed by atoms with E-state index in [9.17, 15) is 4.79 Å². The summed E-state index contributed by atoms with van der Waals surface area (Å²) < 4.78 is 0. The lowest BCUT2D eigenvalue weighted by molar-refractivity contribution is -0.136. The Labute approximate surface area is 79.7 Å². The molecule has 0 aliphatic carbocycles. The molecule has 2 saturated heterocycles. The molecule has 1 amide bonds. The van der Waals surface area contributed by atoms with E-state index in [0.29, 0.717) is 18.0 Å². The van der Waals surface area contributed by atoms with E-state index in [-0.39, 0.29) is 5.92 Å². The Morgan fingerprint density at radius 3 is 2.38 bits per heavy atom. The molecule has 0 saturated carbocycles. The number of nitrogens with zero attached hydrogens (tertiary/aromatic N) is 2. The van der Waals surface area contributed by atoms with Crippen molar-refractivity contribution in [3.63, 3.8) is 0 Å². The molecule has 13 heavy (non-hydrogen) atoms. The first-order valence-corrected chi connectivity index (χ1v) is 5.10. The van der Waals surface area contributed by atoms with Crippen molar-refractivity contribution in [2.75, 3.05) is 20.1 Å². The molecule has 2 aliphatic rings. The number of likely N-dealkylation sites (N-methyl/N-ethyl adjacent to an activating group) is 1. The van der Waals surface area contributed by atoms with Gasteiger partial charge in [-0.25, -0.2) is 0 Å². The van der Waals surface area contributed by atoms with E-state index in [1.165, 1.54) is 6.42 Å². The fraction of sp³-hybridized carbons (Fsp3) is 0.900. The molecule has 2 fully saturated rings. The van der Waals surface area contributed by atoms with Gasteiger partial charge >= 0.3 is 0 Å². The summed E-state index contributed by atoms with van der Waals surface area (Å²) in [6.07, 6.45) is 1.19. The van der Waals surface area contributed by atoms with E-state index in [1.807, 2.05) is 13.8 Å². The molecular weight excluding hydrogens is 164 g/mol. The van der Waals surface area contributed by atoms with Crippen LogP contribution in [0.15, 0.2) is 0 Å². The summed E-state index contributed by atoms with van der Waals surface area (Å²) in [6.45, 7) is 6.00. The Bertz CT molecular complexity index is 225. The Hall–Kier alpha value is -0.570. The van der Waals surface area contributed by atoms with Crippen LogP contribution in [-0.2, 0) is 4.79 Å². The molecule has 2 atom stereocenters. The number of hydrogen-bond acceptors (Lipinski definition) is 2. The van der Waals surface area contributed by atoms with Crippen LogP contribution in [0, 0.1) is 5.92 Å². The Kier molecular flexibility index (Phi) is 2.06. The van der Waals surface area contributed by atoms with Crippen LogP contribution >= 0.6 is 0 Å². The van der Waals surface area contributed by atoms with Gasteiger partial charge in [-0.1, -0.05) is 13.8 Å². The zero-order chi connectivity index (χ0) is 9.59. The molecule has 74 valence electrons. The smallest absolute Gasteiger partial charge is 0.225 e. The predicted octanol–water partition coefficient (Wildman–Crippen LogP) is 0.557. The number of piperazine rings is 1. The van der Waals surface area contributed by atoms with Gasteiger partial charge in [-0.05, 0) is 13.5 Å². The number of likely N-dealkylation sites (tertiary alicyclic amines) is 2. The van der Waals surface area contributed by atoms with Crippen LogP contribution in [0.1, 0.15) is 20.3 Å². The van der Waals surface area contributed by atoms with Gasteiger partial charge in [0.2, 0.25) is 5.91 Å². The van der Waals surface area contributed by atoms with Crippen LogP contribution in [-0.4, -0.2) is 47.9 Å². The quantitative estimate of drug-likeness (QED) is 0.591. The van der Waals surface area contributed by atoms with Crippen molar-refractivity contribution in [1.29, 1.82) is 0 Å². The van der Waals surface area contributed by atoms with E-state index in [4.69, 9.17) is 0 Å². The first-order valence-electron chi connectivity index (χ1n) is 5.10. The van der Waals surface area contributed by atoms with Gasteiger partial charge in [-0.3, -0.25) is 9.69 Å². The topological polar surface area (TPSA) is 23.6 Å². The summed E-state index contributed by atoms with van der Waals surface area (Å²) in [7, 11) is 2.15. The summed E-state index contributed by atoms with van der Waals surface area (Å²) in [5.41, 5.74) is 0. The first-order chi connectivity index (χ1) is 6.09. The molecule has 2 unspecified atom stereocenters. The van der Waals surface area contributed by atoms with Crippen molar-refractivity contribution >= 4 is 5.91 Å². The highest BCUT2D eigenvalue weighted by Crippen LogP contribution is 2.30. The average Bonchev–Trinajstić information content (AvgIpc) is 2.60. The number of fused-ring (bicyclic) bond motifs is 2. The van der Waals surface area contributed by atoms with E-state index in [0.717, 1.165) is 13.1 Å². The fourth-order valence-electron chi connectivity index (χ4n) is 2.47. The molecule has 0 aromatic carbocycles. The van der Waals surface area contributed by atoms with Crippen LogP contribution in [0.25, 0.3) is 0 Å². The number of rotatable bonds is 1. The molecule has 0 radical (unpaired) electrons. The Balaban J connectivity index is 2.03. The van der Waals surface area contributed by atoms with E-state index in [2.05, 4.69) is 16.8 Å². The molecule has 0 spiro atoms. The summed E-state index contributed by atoms with van der Waals surface area (Å²) >= 11 is 0. The third-order valence-electron chi connectivity index (χ3n) is 3.29. The van der Waals surface area contributed by atoms with Crippen molar-refractivity contribution in [3.8, 4) is 0 Å². The lowest BCUT2D eigenvalue weighted by atomic mass is 10.1. The molecule has 3 heteroatoms. The van der Waals surface area contributed by atoms with Crippen molar-refractivity contribution in [1.82, 2.24) is 9.80 Å².